The van der Waals surface area contributed by atoms with Crippen LogP contribution in [0.2, 0.25) is 0 Å². The van der Waals surface area contributed by atoms with Crippen molar-refractivity contribution in [1.29, 1.82) is 0 Å². The Morgan fingerprint density at radius 1 is 1.44 bits per heavy atom. The molecule has 0 bridgehead atoms. The minimum absolute atomic E-state index is 0.188. The smallest absolute Gasteiger partial charge is 0.326 e. The van der Waals surface area contributed by atoms with Crippen LogP contribution in [0.25, 0.3) is 0 Å². The molecule has 0 aliphatic heterocycles. The van der Waals surface area contributed by atoms with Crippen LogP contribution in [-0.2, 0) is 16.0 Å². The van der Waals surface area contributed by atoms with Crippen LogP contribution in [0.4, 0.5) is 0 Å². The fourth-order valence-corrected chi connectivity index (χ4v) is 1.61. The highest BCUT2D eigenvalue weighted by Gasteiger charge is 2.18. The van der Waals surface area contributed by atoms with Gasteiger partial charge in [0.2, 0.25) is 5.91 Å². The zero-order valence-corrected chi connectivity index (χ0v) is 10.3. The zero-order chi connectivity index (χ0) is 13.5. The van der Waals surface area contributed by atoms with Gasteiger partial charge in [0.25, 0.3) is 0 Å². The van der Waals surface area contributed by atoms with Gasteiger partial charge in [-0.1, -0.05) is 30.3 Å². The fraction of sp³-hybridized carbons (Fsp3) is 0.286. The molecule has 0 spiro atoms. The molecule has 0 aromatic heterocycles. The molecule has 0 radical (unpaired) electrons. The van der Waals surface area contributed by atoms with Gasteiger partial charge in [-0.25, -0.2) is 4.79 Å². The van der Waals surface area contributed by atoms with E-state index in [0.717, 1.165) is 11.1 Å². The number of aryl methyl sites for hydroxylation is 1. The van der Waals surface area contributed by atoms with Gasteiger partial charge in [0.1, 0.15) is 6.04 Å². The summed E-state index contributed by atoms with van der Waals surface area (Å²) in [6.07, 6.45) is 1.88. The van der Waals surface area contributed by atoms with Gasteiger partial charge in [-0.05, 0) is 24.5 Å². The Labute approximate surface area is 106 Å². The Balaban J connectivity index is 2.63. The standard InChI is InChI=1S/C14H17NO3/c1-3-6-12(14(17)18)15-13(16)9-11-8-5-4-7-10(11)2/h3-5,7-8,12H,1,6,9H2,2H3,(H,15,16)(H,17,18). The third-order valence-corrected chi connectivity index (χ3v) is 2.65. The van der Waals surface area contributed by atoms with Crippen molar-refractivity contribution in [2.24, 2.45) is 0 Å². The summed E-state index contributed by atoms with van der Waals surface area (Å²) in [5.41, 5.74) is 1.92. The van der Waals surface area contributed by atoms with Crippen molar-refractivity contribution in [2.75, 3.05) is 0 Å². The van der Waals surface area contributed by atoms with Crippen molar-refractivity contribution in [3.05, 3.63) is 48.0 Å². The molecule has 1 atom stereocenters. The summed E-state index contributed by atoms with van der Waals surface area (Å²) in [5.74, 6) is -1.34. The minimum Gasteiger partial charge on any atom is -0.480 e. The Hall–Kier alpha value is -2.10. The van der Waals surface area contributed by atoms with E-state index in [1.165, 1.54) is 6.08 Å². The van der Waals surface area contributed by atoms with E-state index in [9.17, 15) is 9.59 Å². The van der Waals surface area contributed by atoms with Gasteiger partial charge in [-0.3, -0.25) is 4.79 Å². The number of nitrogens with one attached hydrogen (secondary N) is 1. The molecule has 0 saturated heterocycles. The summed E-state index contributed by atoms with van der Waals surface area (Å²) >= 11 is 0. The maximum atomic E-state index is 11.7. The Bertz CT molecular complexity index is 454. The van der Waals surface area contributed by atoms with Crippen molar-refractivity contribution < 1.29 is 14.7 Å². The van der Waals surface area contributed by atoms with Gasteiger partial charge in [-0.15, -0.1) is 6.58 Å². The molecule has 4 nitrogen and oxygen atoms in total. The molecule has 0 heterocycles. The molecule has 1 rings (SSSR count). The topological polar surface area (TPSA) is 66.4 Å². The first-order chi connectivity index (χ1) is 8.54. The van der Waals surface area contributed by atoms with E-state index in [2.05, 4.69) is 11.9 Å². The first-order valence-electron chi connectivity index (χ1n) is 5.72. The minimum atomic E-state index is -1.05. The van der Waals surface area contributed by atoms with Crippen LogP contribution >= 0.6 is 0 Å². The largest absolute Gasteiger partial charge is 0.480 e. The number of carboxylic acid groups (broad SMARTS) is 1. The summed E-state index contributed by atoms with van der Waals surface area (Å²) in [6.45, 7) is 5.39. The van der Waals surface area contributed by atoms with Crippen LogP contribution in [0.3, 0.4) is 0 Å². The molecule has 1 unspecified atom stereocenters. The van der Waals surface area contributed by atoms with Gasteiger partial charge >= 0.3 is 5.97 Å². The van der Waals surface area contributed by atoms with Crippen LogP contribution < -0.4 is 5.32 Å². The highest BCUT2D eigenvalue weighted by atomic mass is 16.4. The van der Waals surface area contributed by atoms with Crippen molar-refractivity contribution in [3.63, 3.8) is 0 Å². The lowest BCUT2D eigenvalue weighted by molar-refractivity contribution is -0.141. The molecule has 18 heavy (non-hydrogen) atoms. The summed E-state index contributed by atoms with van der Waals surface area (Å²) in [7, 11) is 0. The van der Waals surface area contributed by atoms with E-state index in [4.69, 9.17) is 5.11 Å². The number of carbonyl (C=O) groups is 2. The van der Waals surface area contributed by atoms with Gasteiger partial charge in [0, 0.05) is 0 Å². The van der Waals surface area contributed by atoms with E-state index in [0.29, 0.717) is 0 Å². The Morgan fingerprint density at radius 3 is 2.67 bits per heavy atom. The number of carboxylic acids is 1. The second kappa shape index (κ2) is 6.59. The summed E-state index contributed by atoms with van der Waals surface area (Å²) < 4.78 is 0. The lowest BCUT2D eigenvalue weighted by Gasteiger charge is -2.13. The average Bonchev–Trinajstić information content (AvgIpc) is 2.31. The van der Waals surface area contributed by atoms with E-state index < -0.39 is 12.0 Å². The summed E-state index contributed by atoms with van der Waals surface area (Å²) in [4.78, 5) is 22.6. The van der Waals surface area contributed by atoms with Gasteiger partial charge in [-0.2, -0.15) is 0 Å². The van der Waals surface area contributed by atoms with Gasteiger partial charge in [0.05, 0.1) is 6.42 Å². The lowest BCUT2D eigenvalue weighted by Crippen LogP contribution is -2.41. The van der Waals surface area contributed by atoms with Gasteiger partial charge in [0.15, 0.2) is 0 Å². The van der Waals surface area contributed by atoms with Crippen molar-refractivity contribution in [2.45, 2.75) is 25.8 Å². The molecule has 1 amide bonds. The molecule has 96 valence electrons. The van der Waals surface area contributed by atoms with Crippen LogP contribution in [-0.4, -0.2) is 23.0 Å². The van der Waals surface area contributed by atoms with Crippen molar-refractivity contribution in [3.8, 4) is 0 Å². The molecule has 4 heteroatoms. The lowest BCUT2D eigenvalue weighted by atomic mass is 10.1. The highest BCUT2D eigenvalue weighted by molar-refractivity contribution is 5.85. The Kier molecular flexibility index (Phi) is 5.11. The number of hydrogen-bond acceptors (Lipinski definition) is 2. The number of amides is 1. The molecule has 0 aliphatic rings. The number of carbonyl (C=O) groups excluding carboxylic acids is 1. The quantitative estimate of drug-likeness (QED) is 0.752. The molecule has 1 aromatic carbocycles. The predicted molar refractivity (Wildman–Crippen MR) is 69.3 cm³/mol. The molecule has 0 aliphatic carbocycles. The second-order valence-corrected chi connectivity index (χ2v) is 4.09. The third-order valence-electron chi connectivity index (χ3n) is 2.65. The van der Waals surface area contributed by atoms with Crippen LogP contribution in [0.5, 0.6) is 0 Å². The van der Waals surface area contributed by atoms with E-state index >= 15 is 0 Å². The van der Waals surface area contributed by atoms with Crippen LogP contribution in [0, 0.1) is 6.92 Å². The summed E-state index contributed by atoms with van der Waals surface area (Å²) in [6, 6.07) is 6.63. The molecule has 2 N–H and O–H groups in total. The predicted octanol–water partition coefficient (Wildman–Crippen LogP) is 1.68. The van der Waals surface area contributed by atoms with Crippen LogP contribution in [0.15, 0.2) is 36.9 Å². The van der Waals surface area contributed by atoms with E-state index in [-0.39, 0.29) is 18.7 Å². The molecular formula is C14H17NO3. The number of aliphatic carboxylic acids is 1. The molecule has 0 fully saturated rings. The van der Waals surface area contributed by atoms with Crippen molar-refractivity contribution >= 4 is 11.9 Å². The summed E-state index contributed by atoms with van der Waals surface area (Å²) in [5, 5.41) is 11.4. The first kappa shape index (κ1) is 14.0. The van der Waals surface area contributed by atoms with E-state index in [1.54, 1.807) is 0 Å². The average molecular weight is 247 g/mol. The monoisotopic (exact) mass is 247 g/mol. The molecule has 1 aromatic rings. The number of hydrogen-bond donors (Lipinski definition) is 2. The highest BCUT2D eigenvalue weighted by Crippen LogP contribution is 2.07. The maximum absolute atomic E-state index is 11.7. The molecular weight excluding hydrogens is 230 g/mol. The fourth-order valence-electron chi connectivity index (χ4n) is 1.61. The van der Waals surface area contributed by atoms with Gasteiger partial charge < -0.3 is 10.4 Å². The number of rotatable bonds is 6. The Morgan fingerprint density at radius 2 is 2.11 bits per heavy atom. The SMILES string of the molecule is C=CCC(NC(=O)Cc1ccccc1C)C(=O)O. The van der Waals surface area contributed by atoms with Crippen LogP contribution in [0.1, 0.15) is 17.5 Å². The maximum Gasteiger partial charge on any atom is 0.326 e. The van der Waals surface area contributed by atoms with Crippen molar-refractivity contribution in [1.82, 2.24) is 5.32 Å². The van der Waals surface area contributed by atoms with E-state index in [1.807, 2.05) is 31.2 Å². The number of benzene rings is 1. The first-order valence-corrected chi connectivity index (χ1v) is 5.72. The second-order valence-electron chi connectivity index (χ2n) is 4.09. The third kappa shape index (κ3) is 4.05. The molecule has 0 saturated carbocycles. The normalized spacial score (nSPS) is 11.6. The zero-order valence-electron chi connectivity index (χ0n) is 10.3.